The van der Waals surface area contributed by atoms with Crippen LogP contribution >= 0.6 is 0 Å². The van der Waals surface area contributed by atoms with Crippen molar-refractivity contribution in [3.8, 4) is 0 Å². The van der Waals surface area contributed by atoms with Gasteiger partial charge in [0.25, 0.3) is 0 Å². The van der Waals surface area contributed by atoms with Gasteiger partial charge in [-0.15, -0.1) is 0 Å². The normalized spacial score (nSPS) is 39.9. The fraction of sp³-hybridized carbons (Fsp3) is 1.00. The van der Waals surface area contributed by atoms with Crippen molar-refractivity contribution in [3.05, 3.63) is 0 Å². The third-order valence-electron chi connectivity index (χ3n) is 5.49. The molecular formula is C16H31N. The molecule has 2 aliphatic carbocycles. The molecule has 0 radical (unpaired) electrons. The van der Waals surface area contributed by atoms with Gasteiger partial charge in [0, 0.05) is 6.04 Å². The van der Waals surface area contributed by atoms with E-state index in [0.717, 1.165) is 12.0 Å². The molecule has 0 aromatic carbocycles. The Kier molecular flexibility index (Phi) is 3.14. The predicted octanol–water partition coefficient (Wildman–Crippen LogP) is 4.23. The molecule has 0 heterocycles. The number of hydrogen-bond acceptors (Lipinski definition) is 1. The third kappa shape index (κ3) is 2.41. The zero-order chi connectivity index (χ0) is 12.9. The smallest absolute Gasteiger partial charge is 0.0175 e. The van der Waals surface area contributed by atoms with Crippen molar-refractivity contribution in [2.75, 3.05) is 6.54 Å². The molecule has 0 aromatic heterocycles. The molecule has 2 fully saturated rings. The summed E-state index contributed by atoms with van der Waals surface area (Å²) in [5.41, 5.74) is 1.53. The van der Waals surface area contributed by atoms with E-state index in [1.165, 1.54) is 32.2 Å². The quantitative estimate of drug-likeness (QED) is 0.774. The summed E-state index contributed by atoms with van der Waals surface area (Å²) in [6, 6.07) is 0.732. The first-order valence-electron chi connectivity index (χ1n) is 7.39. The first-order chi connectivity index (χ1) is 7.65. The maximum atomic E-state index is 3.90. The van der Waals surface area contributed by atoms with Crippen LogP contribution in [0, 0.1) is 22.2 Å². The Morgan fingerprint density at radius 2 is 1.82 bits per heavy atom. The second kappa shape index (κ2) is 3.98. The summed E-state index contributed by atoms with van der Waals surface area (Å²) in [6.45, 7) is 15.7. The number of rotatable bonds is 3. The minimum atomic E-state index is 0.454. The van der Waals surface area contributed by atoms with Crippen molar-refractivity contribution in [2.45, 2.75) is 73.3 Å². The summed E-state index contributed by atoms with van der Waals surface area (Å²) < 4.78 is 0. The van der Waals surface area contributed by atoms with Gasteiger partial charge < -0.3 is 5.32 Å². The van der Waals surface area contributed by atoms with Crippen molar-refractivity contribution in [1.29, 1.82) is 0 Å². The van der Waals surface area contributed by atoms with Crippen LogP contribution in [-0.2, 0) is 0 Å². The van der Waals surface area contributed by atoms with E-state index in [2.05, 4.69) is 46.9 Å². The van der Waals surface area contributed by atoms with E-state index in [9.17, 15) is 0 Å². The SMILES string of the molecule is CC(C)(C)CCNC1C(C)(C)[C@H]2CC[C@]1(C)C2. The molecule has 2 rings (SSSR count). The highest BCUT2D eigenvalue weighted by atomic mass is 15.0. The lowest BCUT2D eigenvalue weighted by Crippen LogP contribution is -2.50. The van der Waals surface area contributed by atoms with Gasteiger partial charge >= 0.3 is 0 Å². The van der Waals surface area contributed by atoms with Crippen molar-refractivity contribution in [2.24, 2.45) is 22.2 Å². The summed E-state index contributed by atoms with van der Waals surface area (Å²) in [4.78, 5) is 0. The van der Waals surface area contributed by atoms with E-state index in [4.69, 9.17) is 0 Å². The van der Waals surface area contributed by atoms with Crippen LogP contribution in [0.5, 0.6) is 0 Å². The van der Waals surface area contributed by atoms with Crippen LogP contribution < -0.4 is 5.32 Å². The fourth-order valence-corrected chi connectivity index (χ4v) is 4.40. The Morgan fingerprint density at radius 1 is 1.18 bits per heavy atom. The van der Waals surface area contributed by atoms with Gasteiger partial charge in [0.2, 0.25) is 0 Å². The lowest BCUT2D eigenvalue weighted by molar-refractivity contribution is 0.106. The van der Waals surface area contributed by atoms with Crippen LogP contribution in [0.2, 0.25) is 0 Å². The van der Waals surface area contributed by atoms with E-state index < -0.39 is 0 Å². The van der Waals surface area contributed by atoms with E-state index in [1.807, 2.05) is 0 Å². The van der Waals surface area contributed by atoms with E-state index in [0.29, 0.717) is 16.2 Å². The molecule has 1 nitrogen and oxygen atoms in total. The summed E-state index contributed by atoms with van der Waals surface area (Å²) in [7, 11) is 0. The Hall–Kier alpha value is -0.0400. The summed E-state index contributed by atoms with van der Waals surface area (Å²) >= 11 is 0. The van der Waals surface area contributed by atoms with E-state index >= 15 is 0 Å². The summed E-state index contributed by atoms with van der Waals surface area (Å²) in [6.07, 6.45) is 5.63. The van der Waals surface area contributed by atoms with Crippen LogP contribution in [0.3, 0.4) is 0 Å². The molecule has 2 bridgehead atoms. The van der Waals surface area contributed by atoms with Crippen LogP contribution in [0.4, 0.5) is 0 Å². The highest BCUT2D eigenvalue weighted by molar-refractivity contribution is 5.11. The Balaban J connectivity index is 1.96. The van der Waals surface area contributed by atoms with E-state index in [1.54, 1.807) is 0 Å². The number of fused-ring (bicyclic) bond motifs is 2. The third-order valence-corrected chi connectivity index (χ3v) is 5.49. The highest BCUT2D eigenvalue weighted by Gasteiger charge is 2.58. The van der Waals surface area contributed by atoms with Crippen LogP contribution in [-0.4, -0.2) is 12.6 Å². The largest absolute Gasteiger partial charge is 0.313 e. The zero-order valence-corrected chi connectivity index (χ0v) is 12.7. The lowest BCUT2D eigenvalue weighted by Gasteiger charge is -2.43. The Labute approximate surface area is 108 Å². The molecule has 0 spiro atoms. The van der Waals surface area contributed by atoms with Crippen molar-refractivity contribution in [3.63, 3.8) is 0 Å². The zero-order valence-electron chi connectivity index (χ0n) is 12.7. The van der Waals surface area contributed by atoms with Crippen molar-refractivity contribution < 1.29 is 0 Å². The molecule has 1 heteroatoms. The van der Waals surface area contributed by atoms with Gasteiger partial charge in [-0.2, -0.15) is 0 Å². The van der Waals surface area contributed by atoms with Gasteiger partial charge in [-0.3, -0.25) is 0 Å². The molecule has 0 amide bonds. The molecule has 1 unspecified atom stereocenters. The maximum Gasteiger partial charge on any atom is 0.0175 e. The fourth-order valence-electron chi connectivity index (χ4n) is 4.40. The van der Waals surface area contributed by atoms with Gasteiger partial charge in [-0.25, -0.2) is 0 Å². The second-order valence-corrected chi connectivity index (χ2v) is 8.61. The van der Waals surface area contributed by atoms with Gasteiger partial charge in [0.05, 0.1) is 0 Å². The monoisotopic (exact) mass is 237 g/mol. The maximum absolute atomic E-state index is 3.90. The molecule has 17 heavy (non-hydrogen) atoms. The Morgan fingerprint density at radius 3 is 2.29 bits per heavy atom. The van der Waals surface area contributed by atoms with Gasteiger partial charge in [0.15, 0.2) is 0 Å². The number of hydrogen-bond donors (Lipinski definition) is 1. The average Bonchev–Trinajstić information content (AvgIpc) is 2.60. The molecule has 3 atom stereocenters. The minimum absolute atomic E-state index is 0.454. The van der Waals surface area contributed by atoms with Crippen molar-refractivity contribution in [1.82, 2.24) is 5.32 Å². The molecule has 0 aliphatic heterocycles. The molecule has 0 saturated heterocycles. The van der Waals surface area contributed by atoms with Gasteiger partial charge in [0.1, 0.15) is 0 Å². The van der Waals surface area contributed by atoms with Crippen LogP contribution in [0.25, 0.3) is 0 Å². The van der Waals surface area contributed by atoms with Gasteiger partial charge in [-0.1, -0.05) is 41.5 Å². The summed E-state index contributed by atoms with van der Waals surface area (Å²) in [5.74, 6) is 0.958. The molecule has 2 aliphatic rings. The summed E-state index contributed by atoms with van der Waals surface area (Å²) in [5, 5.41) is 3.90. The minimum Gasteiger partial charge on any atom is -0.313 e. The van der Waals surface area contributed by atoms with Crippen LogP contribution in [0.1, 0.15) is 67.2 Å². The molecule has 2 saturated carbocycles. The average molecular weight is 237 g/mol. The highest BCUT2D eigenvalue weighted by Crippen LogP contribution is 2.62. The standard InChI is InChI=1S/C16H31N/c1-14(2,3)9-10-17-13-15(4,5)12-7-8-16(13,6)11-12/h12-13,17H,7-11H2,1-6H3/t12-,13?,16+/m0/s1. The van der Waals surface area contributed by atoms with Crippen molar-refractivity contribution >= 4 is 0 Å². The van der Waals surface area contributed by atoms with Gasteiger partial charge in [-0.05, 0) is 54.4 Å². The van der Waals surface area contributed by atoms with Crippen LogP contribution in [0.15, 0.2) is 0 Å². The second-order valence-electron chi connectivity index (χ2n) is 8.61. The van der Waals surface area contributed by atoms with E-state index in [-0.39, 0.29) is 0 Å². The number of nitrogens with one attached hydrogen (secondary N) is 1. The first-order valence-corrected chi connectivity index (χ1v) is 7.39. The first kappa shape index (κ1) is 13.4. The molecule has 0 aromatic rings. The molecule has 100 valence electrons. The topological polar surface area (TPSA) is 12.0 Å². The predicted molar refractivity (Wildman–Crippen MR) is 75.1 cm³/mol. The molecule has 1 N–H and O–H groups in total. The lowest BCUT2D eigenvalue weighted by atomic mass is 9.68. The Bertz CT molecular complexity index is 282. The molecular weight excluding hydrogens is 206 g/mol.